The number of hydrogen-bond donors (Lipinski definition) is 0. The Bertz CT molecular complexity index is 1060. The predicted molar refractivity (Wildman–Crippen MR) is 137 cm³/mol. The first-order chi connectivity index (χ1) is 15.9. The second-order valence-electron chi connectivity index (χ2n) is 10.2. The van der Waals surface area contributed by atoms with E-state index in [1.807, 2.05) is 29.2 Å². The molecule has 5 rings (SSSR count). The Morgan fingerprint density at radius 2 is 1.52 bits per heavy atom. The monoisotopic (exact) mass is 463 g/mol. The maximum atomic E-state index is 14.3. The molecule has 0 bridgehead atoms. The van der Waals surface area contributed by atoms with Crippen LogP contribution >= 0.6 is 11.6 Å². The van der Waals surface area contributed by atoms with Crippen LogP contribution in [0.5, 0.6) is 0 Å². The smallest absolute Gasteiger partial charge is 0.240 e. The van der Waals surface area contributed by atoms with Gasteiger partial charge in [-0.05, 0) is 94.9 Å². The van der Waals surface area contributed by atoms with E-state index in [1.54, 1.807) is 0 Å². The van der Waals surface area contributed by atoms with Gasteiger partial charge >= 0.3 is 0 Å². The lowest BCUT2D eigenvalue weighted by Crippen LogP contribution is -2.50. The van der Waals surface area contributed by atoms with Crippen LogP contribution in [-0.4, -0.2) is 35.8 Å². The van der Waals surface area contributed by atoms with E-state index in [0.29, 0.717) is 5.02 Å². The summed E-state index contributed by atoms with van der Waals surface area (Å²) >= 11 is 6.21. The molecule has 2 heterocycles. The van der Waals surface area contributed by atoms with Crippen molar-refractivity contribution < 1.29 is 4.79 Å². The van der Waals surface area contributed by atoms with Crippen molar-refractivity contribution >= 4 is 34.7 Å². The third-order valence-electron chi connectivity index (χ3n) is 7.82. The number of hydrogen-bond acceptors (Lipinski definition) is 3. The zero-order valence-corrected chi connectivity index (χ0v) is 20.8. The van der Waals surface area contributed by atoms with Gasteiger partial charge in [0.1, 0.15) is 5.84 Å². The molecule has 0 radical (unpaired) electrons. The van der Waals surface area contributed by atoms with Crippen molar-refractivity contribution in [2.75, 3.05) is 18.0 Å². The van der Waals surface area contributed by atoms with Gasteiger partial charge in [-0.1, -0.05) is 48.6 Å². The van der Waals surface area contributed by atoms with Crippen LogP contribution < -0.4 is 4.90 Å². The van der Waals surface area contributed by atoms with Gasteiger partial charge in [-0.15, -0.1) is 0 Å². The number of amides is 1. The number of aliphatic imine (C=N–C) groups is 1. The Kier molecular flexibility index (Phi) is 6.09. The molecular formula is C28H34ClN3O. The van der Waals surface area contributed by atoms with Gasteiger partial charge in [0.05, 0.1) is 22.8 Å². The van der Waals surface area contributed by atoms with E-state index in [1.165, 1.54) is 24.8 Å². The quantitative estimate of drug-likeness (QED) is 0.504. The highest BCUT2D eigenvalue weighted by molar-refractivity contribution is 6.31. The van der Waals surface area contributed by atoms with E-state index in [9.17, 15) is 4.79 Å². The molecule has 2 saturated heterocycles. The molecule has 33 heavy (non-hydrogen) atoms. The highest BCUT2D eigenvalue weighted by Gasteiger charge is 2.60. The summed E-state index contributed by atoms with van der Waals surface area (Å²) in [5.74, 6) is 1.13. The van der Waals surface area contributed by atoms with Crippen molar-refractivity contribution in [3.63, 3.8) is 0 Å². The van der Waals surface area contributed by atoms with Gasteiger partial charge in [0.25, 0.3) is 0 Å². The van der Waals surface area contributed by atoms with Crippen molar-refractivity contribution in [2.45, 2.75) is 71.8 Å². The fourth-order valence-electron chi connectivity index (χ4n) is 6.41. The lowest BCUT2D eigenvalue weighted by molar-refractivity contribution is -0.129. The minimum atomic E-state index is -0.381. The number of anilines is 1. The first-order valence-corrected chi connectivity index (χ1v) is 12.8. The van der Waals surface area contributed by atoms with Gasteiger partial charge in [-0.25, -0.2) is 4.99 Å². The van der Waals surface area contributed by atoms with Crippen molar-refractivity contribution in [1.82, 2.24) is 4.90 Å². The normalized spacial score (nSPS) is 24.4. The van der Waals surface area contributed by atoms with E-state index >= 15 is 0 Å². The van der Waals surface area contributed by atoms with Crippen LogP contribution in [0.4, 0.5) is 11.4 Å². The van der Waals surface area contributed by atoms with Gasteiger partial charge in [-0.2, -0.15) is 0 Å². The summed E-state index contributed by atoms with van der Waals surface area (Å²) in [5, 5.41) is 0.678. The second-order valence-corrected chi connectivity index (χ2v) is 10.6. The molecule has 4 nitrogen and oxygen atoms in total. The molecule has 2 aliphatic heterocycles. The number of rotatable bonds is 3. The molecular weight excluding hydrogens is 430 g/mol. The van der Waals surface area contributed by atoms with Crippen molar-refractivity contribution in [1.29, 1.82) is 0 Å². The lowest BCUT2D eigenvalue weighted by atomic mass is 9.69. The molecule has 1 aliphatic carbocycles. The van der Waals surface area contributed by atoms with E-state index in [-0.39, 0.29) is 17.4 Å². The highest BCUT2D eigenvalue weighted by Crippen LogP contribution is 2.50. The molecule has 2 aromatic carbocycles. The summed E-state index contributed by atoms with van der Waals surface area (Å²) in [4.78, 5) is 24.2. The summed E-state index contributed by atoms with van der Waals surface area (Å²) in [6, 6.07) is 12.1. The van der Waals surface area contributed by atoms with E-state index < -0.39 is 0 Å². The first kappa shape index (κ1) is 22.6. The number of carbonyl (C=O) groups is 1. The Balaban J connectivity index is 1.73. The van der Waals surface area contributed by atoms with Gasteiger partial charge in [0.15, 0.2) is 0 Å². The Labute approximate surface area is 202 Å². The van der Waals surface area contributed by atoms with E-state index in [0.717, 1.165) is 67.1 Å². The average Bonchev–Trinajstić information content (AvgIpc) is 3.38. The molecule has 5 heteroatoms. The van der Waals surface area contributed by atoms with Gasteiger partial charge in [-0.3, -0.25) is 14.6 Å². The number of aryl methyl sites for hydroxylation is 3. The van der Waals surface area contributed by atoms with Gasteiger partial charge < -0.3 is 0 Å². The van der Waals surface area contributed by atoms with Crippen LogP contribution in [0.15, 0.2) is 41.4 Å². The molecule has 0 N–H and O–H groups in total. The van der Waals surface area contributed by atoms with Gasteiger partial charge in [0, 0.05) is 5.02 Å². The van der Waals surface area contributed by atoms with Crippen molar-refractivity contribution in [3.8, 4) is 0 Å². The molecule has 1 saturated carbocycles. The zero-order valence-electron chi connectivity index (χ0n) is 20.0. The number of nitrogens with zero attached hydrogens (tertiary/aromatic N) is 3. The largest absolute Gasteiger partial charge is 0.293 e. The third-order valence-corrected chi connectivity index (χ3v) is 8.08. The molecule has 1 spiro atoms. The minimum absolute atomic E-state index is 0.0311. The van der Waals surface area contributed by atoms with E-state index in [2.05, 4.69) is 37.8 Å². The first-order valence-electron chi connectivity index (χ1n) is 12.4. The molecule has 1 unspecified atom stereocenters. The zero-order chi connectivity index (χ0) is 23.2. The minimum Gasteiger partial charge on any atom is -0.293 e. The third kappa shape index (κ3) is 3.91. The lowest BCUT2D eigenvalue weighted by Gasteiger charge is -2.39. The molecule has 2 aromatic rings. The SMILES string of the molecule is Cc1cc(C)c(N=C2C(N3CCCC3)C3(CCCCC3)C(=O)N2c2ccc(Cl)cc2)c(C)c1. The van der Waals surface area contributed by atoms with Crippen LogP contribution in [0.1, 0.15) is 61.6 Å². The number of amidine groups is 1. The molecule has 0 aromatic heterocycles. The van der Waals surface area contributed by atoms with Crippen LogP contribution in [0, 0.1) is 26.2 Å². The van der Waals surface area contributed by atoms with Crippen molar-refractivity contribution in [3.05, 3.63) is 58.1 Å². The number of likely N-dealkylation sites (tertiary alicyclic amines) is 1. The maximum Gasteiger partial charge on any atom is 0.240 e. The molecule has 1 atom stereocenters. The molecule has 1 amide bonds. The number of carbonyl (C=O) groups excluding carboxylic acids is 1. The van der Waals surface area contributed by atoms with Crippen LogP contribution in [0.25, 0.3) is 0 Å². The van der Waals surface area contributed by atoms with Crippen LogP contribution in [0.3, 0.4) is 0 Å². The summed E-state index contributed by atoms with van der Waals surface area (Å²) in [6.45, 7) is 8.46. The number of halogens is 1. The Morgan fingerprint density at radius 3 is 2.12 bits per heavy atom. The average molecular weight is 464 g/mol. The van der Waals surface area contributed by atoms with E-state index in [4.69, 9.17) is 16.6 Å². The summed E-state index contributed by atoms with van der Waals surface area (Å²) in [6.07, 6.45) is 7.71. The Hall–Kier alpha value is -2.17. The summed E-state index contributed by atoms with van der Waals surface area (Å²) < 4.78 is 0. The van der Waals surface area contributed by atoms with Crippen molar-refractivity contribution in [2.24, 2.45) is 10.4 Å². The Morgan fingerprint density at radius 1 is 0.909 bits per heavy atom. The standard InChI is InChI=1S/C28H34ClN3O/c1-19-17-20(2)24(21(3)18-19)30-26-25(31-15-7-8-16-31)28(13-5-4-6-14-28)27(33)32(26)23-11-9-22(29)10-12-23/h9-12,17-18,25H,4-8,13-16H2,1-3H3. The molecule has 3 aliphatic rings. The van der Waals surface area contributed by atoms with Crippen LogP contribution in [-0.2, 0) is 4.79 Å². The van der Waals surface area contributed by atoms with Crippen LogP contribution in [0.2, 0.25) is 5.02 Å². The topological polar surface area (TPSA) is 35.9 Å². The van der Waals surface area contributed by atoms with Gasteiger partial charge in [0.2, 0.25) is 5.91 Å². The molecule has 3 fully saturated rings. The highest BCUT2D eigenvalue weighted by atomic mass is 35.5. The maximum absolute atomic E-state index is 14.3. The fourth-order valence-corrected chi connectivity index (χ4v) is 6.54. The summed E-state index contributed by atoms with van der Waals surface area (Å²) in [5.41, 5.74) is 5.05. The fraction of sp³-hybridized carbons (Fsp3) is 0.500. The number of benzene rings is 2. The molecule has 174 valence electrons. The second kappa shape index (κ2) is 8.88. The predicted octanol–water partition coefficient (Wildman–Crippen LogP) is 6.76. The summed E-state index contributed by atoms with van der Waals surface area (Å²) in [7, 11) is 0.